The number of hydrogen-bond acceptors (Lipinski definition) is 6. The van der Waals surface area contributed by atoms with Crippen LogP contribution in [0.25, 0.3) is 0 Å². The second kappa shape index (κ2) is 15.8. The minimum Gasteiger partial charge on any atom is -0.322 e. The Morgan fingerprint density at radius 3 is 1.14 bits per heavy atom. The zero-order valence-electron chi connectivity index (χ0n) is 20.5. The van der Waals surface area contributed by atoms with Crippen molar-refractivity contribution in [1.82, 2.24) is 9.80 Å². The maximum absolute atomic E-state index is 12.5. The molecule has 2 aromatic carbocycles. The molecule has 0 aliphatic carbocycles. The van der Waals surface area contributed by atoms with E-state index in [0.29, 0.717) is 17.8 Å². The number of rotatable bonds is 12. The summed E-state index contributed by atoms with van der Waals surface area (Å²) in [5, 5.41) is 40.7. The zero-order chi connectivity index (χ0) is 26.9. The van der Waals surface area contributed by atoms with E-state index in [1.54, 1.807) is 24.3 Å². The predicted octanol–water partition coefficient (Wildman–Crippen LogP) is 4.60. The van der Waals surface area contributed by atoms with Crippen LogP contribution in [-0.4, -0.2) is 48.0 Å². The molecular formula is C27H28N8O2. The first kappa shape index (κ1) is 28.2. The summed E-state index contributed by atoms with van der Waals surface area (Å²) in [4.78, 5) is 27.9. The third-order valence-corrected chi connectivity index (χ3v) is 5.37. The Balaban J connectivity index is 1.93. The molecule has 0 fully saturated rings. The molecule has 10 nitrogen and oxygen atoms in total. The van der Waals surface area contributed by atoms with Crippen molar-refractivity contribution >= 4 is 23.4 Å². The van der Waals surface area contributed by atoms with Gasteiger partial charge in [0.1, 0.15) is 0 Å². The molecule has 0 heterocycles. The molecule has 2 rings (SSSR count). The number of nitrogens with zero attached hydrogens (tertiary/aromatic N) is 6. The summed E-state index contributed by atoms with van der Waals surface area (Å²) in [6.07, 6.45) is 1.43. The van der Waals surface area contributed by atoms with E-state index in [0.717, 1.165) is 11.1 Å². The van der Waals surface area contributed by atoms with Crippen molar-refractivity contribution in [1.29, 1.82) is 21.0 Å². The van der Waals surface area contributed by atoms with E-state index in [4.69, 9.17) is 21.0 Å². The van der Waals surface area contributed by atoms with Gasteiger partial charge in [-0.3, -0.25) is 0 Å². The van der Waals surface area contributed by atoms with E-state index < -0.39 is 0 Å². The molecule has 0 spiro atoms. The highest BCUT2D eigenvalue weighted by atomic mass is 16.2. The van der Waals surface area contributed by atoms with Crippen LogP contribution in [0.3, 0.4) is 0 Å². The maximum atomic E-state index is 12.5. The van der Waals surface area contributed by atoms with Crippen LogP contribution in [-0.2, 0) is 6.42 Å². The summed E-state index contributed by atoms with van der Waals surface area (Å²) >= 11 is 0. The van der Waals surface area contributed by atoms with Crippen molar-refractivity contribution in [3.8, 4) is 24.3 Å². The van der Waals surface area contributed by atoms with Gasteiger partial charge < -0.3 is 20.4 Å². The largest absolute Gasteiger partial charge is 0.322 e. The lowest BCUT2D eigenvalue weighted by atomic mass is 10.0. The van der Waals surface area contributed by atoms with Crippen LogP contribution in [0.1, 0.15) is 36.8 Å². The third-order valence-electron chi connectivity index (χ3n) is 5.37. The molecule has 0 bridgehead atoms. The molecule has 0 unspecified atom stereocenters. The quantitative estimate of drug-likeness (QED) is 0.437. The normalized spacial score (nSPS) is 9.62. The first-order valence-electron chi connectivity index (χ1n) is 11.8. The molecule has 0 radical (unpaired) electrons. The maximum Gasteiger partial charge on any atom is 0.321 e. The summed E-state index contributed by atoms with van der Waals surface area (Å²) in [7, 11) is 0. The van der Waals surface area contributed by atoms with E-state index in [-0.39, 0.29) is 63.9 Å². The minimum absolute atomic E-state index is 0.195. The van der Waals surface area contributed by atoms with E-state index in [9.17, 15) is 9.59 Å². The second-order valence-electron chi connectivity index (χ2n) is 8.04. The summed E-state index contributed by atoms with van der Waals surface area (Å²) in [6, 6.07) is 22.1. The van der Waals surface area contributed by atoms with Crippen LogP contribution >= 0.6 is 0 Å². The smallest absolute Gasteiger partial charge is 0.321 e. The number of nitrogens with one attached hydrogen (secondary N) is 2. The average Bonchev–Trinajstić information content (AvgIpc) is 2.91. The van der Waals surface area contributed by atoms with Crippen molar-refractivity contribution in [2.75, 3.05) is 36.8 Å². The van der Waals surface area contributed by atoms with Crippen LogP contribution in [0, 0.1) is 45.3 Å². The molecule has 10 heteroatoms. The number of carbonyl (C=O) groups excluding carboxylic acids is 2. The van der Waals surface area contributed by atoms with E-state index in [1.165, 1.54) is 9.80 Å². The molecule has 0 saturated carbocycles. The molecule has 0 aliphatic rings. The van der Waals surface area contributed by atoms with Crippen molar-refractivity contribution in [2.45, 2.75) is 32.1 Å². The average molecular weight is 497 g/mol. The van der Waals surface area contributed by atoms with E-state index in [2.05, 4.69) is 10.6 Å². The van der Waals surface area contributed by atoms with Gasteiger partial charge in [-0.1, -0.05) is 24.3 Å². The van der Waals surface area contributed by atoms with E-state index >= 15 is 0 Å². The SMILES string of the molecule is N#CCCN(CCC#N)C(=O)Nc1ccc(Cc2ccc(NC(=O)N(CCC#N)CCC#N)cc2)cc1. The molecule has 2 N–H and O–H groups in total. The van der Waals surface area contributed by atoms with E-state index in [1.807, 2.05) is 48.5 Å². The van der Waals surface area contributed by atoms with Gasteiger partial charge in [0.05, 0.1) is 50.0 Å². The van der Waals surface area contributed by atoms with Crippen molar-refractivity contribution < 1.29 is 9.59 Å². The lowest BCUT2D eigenvalue weighted by Gasteiger charge is -2.21. The summed E-state index contributed by atoms with van der Waals surface area (Å²) in [6.45, 7) is 1.04. The lowest BCUT2D eigenvalue weighted by molar-refractivity contribution is 0.213. The Kier molecular flexibility index (Phi) is 12.0. The molecular weight excluding hydrogens is 468 g/mol. The number of urea groups is 2. The van der Waals surface area contributed by atoms with Gasteiger partial charge in [0.25, 0.3) is 0 Å². The summed E-state index contributed by atoms with van der Waals surface area (Å²) < 4.78 is 0. The molecule has 0 atom stereocenters. The Bertz CT molecular complexity index is 1070. The van der Waals surface area contributed by atoms with Crippen LogP contribution in [0.2, 0.25) is 0 Å². The topological polar surface area (TPSA) is 160 Å². The lowest BCUT2D eigenvalue weighted by Crippen LogP contribution is -2.36. The number of carbonyl (C=O) groups is 2. The first-order chi connectivity index (χ1) is 18.0. The third kappa shape index (κ3) is 9.99. The van der Waals surface area contributed by atoms with Gasteiger partial charge in [0.2, 0.25) is 0 Å². The Hall–Kier alpha value is -5.06. The van der Waals surface area contributed by atoms with Gasteiger partial charge in [-0.05, 0) is 41.8 Å². The fourth-order valence-corrected chi connectivity index (χ4v) is 3.42. The van der Waals surface area contributed by atoms with Crippen LogP contribution in [0.4, 0.5) is 21.0 Å². The zero-order valence-corrected chi connectivity index (χ0v) is 20.5. The van der Waals surface area contributed by atoms with Crippen molar-refractivity contribution in [3.63, 3.8) is 0 Å². The molecule has 188 valence electrons. The fraction of sp³-hybridized carbons (Fsp3) is 0.333. The number of anilines is 2. The Morgan fingerprint density at radius 2 is 0.865 bits per heavy atom. The highest BCUT2D eigenvalue weighted by Gasteiger charge is 2.14. The molecule has 0 saturated heterocycles. The summed E-state index contributed by atoms with van der Waals surface area (Å²) in [5.74, 6) is 0. The highest BCUT2D eigenvalue weighted by Crippen LogP contribution is 2.17. The Morgan fingerprint density at radius 1 is 0.568 bits per heavy atom. The predicted molar refractivity (Wildman–Crippen MR) is 138 cm³/mol. The summed E-state index contributed by atoms with van der Waals surface area (Å²) in [5.41, 5.74) is 3.28. The minimum atomic E-state index is -0.352. The van der Waals surface area contributed by atoms with Gasteiger partial charge in [0, 0.05) is 37.6 Å². The van der Waals surface area contributed by atoms with Crippen LogP contribution in [0.15, 0.2) is 48.5 Å². The Labute approximate surface area is 216 Å². The van der Waals surface area contributed by atoms with Crippen molar-refractivity contribution in [3.05, 3.63) is 59.7 Å². The molecule has 2 aromatic rings. The monoisotopic (exact) mass is 496 g/mol. The number of nitriles is 4. The van der Waals surface area contributed by atoms with Gasteiger partial charge >= 0.3 is 12.1 Å². The van der Waals surface area contributed by atoms with Gasteiger partial charge in [-0.25, -0.2) is 9.59 Å². The van der Waals surface area contributed by atoms with Gasteiger partial charge in [-0.15, -0.1) is 0 Å². The number of hydrogen-bond donors (Lipinski definition) is 2. The van der Waals surface area contributed by atoms with Crippen LogP contribution in [0.5, 0.6) is 0 Å². The standard InChI is InChI=1S/C27H28N8O2/c28-13-1-17-34(18-2-14-29)26(36)32-24-9-5-22(6-10-24)21-23-7-11-25(12-8-23)33-27(37)35(19-3-15-30)20-4-16-31/h5-12H,1-4,17-21H2,(H,32,36)(H,33,37). The van der Waals surface area contributed by atoms with Gasteiger partial charge in [-0.2, -0.15) is 21.0 Å². The first-order valence-corrected chi connectivity index (χ1v) is 11.8. The highest BCUT2D eigenvalue weighted by molar-refractivity contribution is 5.90. The molecule has 0 aliphatic heterocycles. The van der Waals surface area contributed by atoms with Crippen molar-refractivity contribution in [2.24, 2.45) is 0 Å². The fourth-order valence-electron chi connectivity index (χ4n) is 3.42. The number of amides is 4. The number of benzene rings is 2. The second-order valence-corrected chi connectivity index (χ2v) is 8.04. The molecule has 37 heavy (non-hydrogen) atoms. The molecule has 4 amide bonds. The van der Waals surface area contributed by atoms with Crippen LogP contribution < -0.4 is 10.6 Å². The molecule has 0 aromatic heterocycles. The van der Waals surface area contributed by atoms with Gasteiger partial charge in [0.15, 0.2) is 0 Å².